The maximum atomic E-state index is 14.0. The normalized spacial score (nSPS) is 12.5. The van der Waals surface area contributed by atoms with E-state index in [1.165, 1.54) is 6.07 Å². The summed E-state index contributed by atoms with van der Waals surface area (Å²) >= 11 is 0. The molecule has 0 unspecified atom stereocenters. The number of rotatable bonds is 6. The predicted octanol–water partition coefficient (Wildman–Crippen LogP) is 3.47. The molecule has 0 aliphatic rings. The van der Waals surface area contributed by atoms with Crippen molar-refractivity contribution in [3.63, 3.8) is 0 Å². The molecule has 0 fully saturated rings. The van der Waals surface area contributed by atoms with Gasteiger partial charge in [-0.1, -0.05) is 26.0 Å². The number of benzene rings is 1. The van der Waals surface area contributed by atoms with Crippen molar-refractivity contribution in [3.8, 4) is 0 Å². The summed E-state index contributed by atoms with van der Waals surface area (Å²) in [7, 11) is 0. The van der Waals surface area contributed by atoms with Crippen LogP contribution in [0.15, 0.2) is 18.2 Å². The summed E-state index contributed by atoms with van der Waals surface area (Å²) in [5.41, 5.74) is 7.50. The topological polar surface area (TPSA) is 29.3 Å². The number of hydrogen-bond acceptors (Lipinski definition) is 2. The summed E-state index contributed by atoms with van der Waals surface area (Å²) in [6.07, 6.45) is 2.01. The molecule has 2 N–H and O–H groups in total. The Bertz CT molecular complexity index is 344. The predicted molar refractivity (Wildman–Crippen MR) is 71.8 cm³/mol. The van der Waals surface area contributed by atoms with E-state index in [1.807, 2.05) is 13.0 Å². The van der Waals surface area contributed by atoms with Crippen LogP contribution in [0.2, 0.25) is 0 Å². The van der Waals surface area contributed by atoms with Gasteiger partial charge >= 0.3 is 0 Å². The molecule has 0 saturated heterocycles. The highest BCUT2D eigenvalue weighted by atomic mass is 19.1. The van der Waals surface area contributed by atoms with Crippen LogP contribution < -0.4 is 10.6 Å². The van der Waals surface area contributed by atoms with E-state index in [2.05, 4.69) is 18.7 Å². The van der Waals surface area contributed by atoms with Crippen LogP contribution >= 0.6 is 0 Å². The SMILES string of the molecule is CCCN(CCC)c1c(F)cccc1[C@@H](C)N. The Morgan fingerprint density at radius 1 is 1.24 bits per heavy atom. The summed E-state index contributed by atoms with van der Waals surface area (Å²) < 4.78 is 14.0. The van der Waals surface area contributed by atoms with Crippen LogP contribution in [0, 0.1) is 5.82 Å². The molecule has 0 radical (unpaired) electrons. The Morgan fingerprint density at radius 2 is 1.82 bits per heavy atom. The summed E-state index contributed by atoms with van der Waals surface area (Å²) in [4.78, 5) is 2.11. The first-order valence-electron chi connectivity index (χ1n) is 6.40. The molecule has 2 nitrogen and oxygen atoms in total. The number of para-hydroxylation sites is 1. The van der Waals surface area contributed by atoms with Gasteiger partial charge < -0.3 is 10.6 Å². The third-order valence-electron chi connectivity index (χ3n) is 2.81. The number of hydrogen-bond donors (Lipinski definition) is 1. The number of nitrogens with zero attached hydrogens (tertiary/aromatic N) is 1. The molecule has 17 heavy (non-hydrogen) atoms. The van der Waals surface area contributed by atoms with Gasteiger partial charge in [-0.3, -0.25) is 0 Å². The van der Waals surface area contributed by atoms with Crippen molar-refractivity contribution < 1.29 is 4.39 Å². The summed E-state index contributed by atoms with van der Waals surface area (Å²) in [6.45, 7) is 7.85. The Morgan fingerprint density at radius 3 is 2.29 bits per heavy atom. The first-order valence-corrected chi connectivity index (χ1v) is 6.40. The second kappa shape index (κ2) is 6.60. The van der Waals surface area contributed by atoms with E-state index >= 15 is 0 Å². The molecule has 96 valence electrons. The first-order chi connectivity index (χ1) is 8.11. The highest BCUT2D eigenvalue weighted by molar-refractivity contribution is 5.56. The van der Waals surface area contributed by atoms with E-state index in [0.717, 1.165) is 31.5 Å². The minimum atomic E-state index is -0.165. The number of halogens is 1. The van der Waals surface area contributed by atoms with Crippen molar-refractivity contribution in [2.24, 2.45) is 5.73 Å². The molecule has 3 heteroatoms. The van der Waals surface area contributed by atoms with Gasteiger partial charge in [0.1, 0.15) is 5.82 Å². The van der Waals surface area contributed by atoms with E-state index < -0.39 is 0 Å². The zero-order valence-corrected chi connectivity index (χ0v) is 11.0. The fourth-order valence-electron chi connectivity index (χ4n) is 2.11. The maximum Gasteiger partial charge on any atom is 0.146 e. The Labute approximate surface area is 104 Å². The largest absolute Gasteiger partial charge is 0.369 e. The van der Waals surface area contributed by atoms with Gasteiger partial charge in [0.15, 0.2) is 0 Å². The van der Waals surface area contributed by atoms with Gasteiger partial charge in [-0.05, 0) is 31.4 Å². The third kappa shape index (κ3) is 3.43. The molecule has 1 rings (SSSR count). The monoisotopic (exact) mass is 238 g/mol. The minimum absolute atomic E-state index is 0.142. The quantitative estimate of drug-likeness (QED) is 0.822. The smallest absolute Gasteiger partial charge is 0.146 e. The standard InChI is InChI=1S/C14H23FN2/c1-4-9-17(10-5-2)14-12(11(3)16)7-6-8-13(14)15/h6-8,11H,4-5,9-10,16H2,1-3H3/t11-/m1/s1. The highest BCUT2D eigenvalue weighted by Crippen LogP contribution is 2.28. The molecule has 0 amide bonds. The van der Waals surface area contributed by atoms with Gasteiger partial charge in [-0.25, -0.2) is 4.39 Å². The number of anilines is 1. The molecule has 0 aliphatic carbocycles. The van der Waals surface area contributed by atoms with Gasteiger partial charge in [0.25, 0.3) is 0 Å². The van der Waals surface area contributed by atoms with Crippen molar-refractivity contribution in [2.75, 3.05) is 18.0 Å². The fourth-order valence-corrected chi connectivity index (χ4v) is 2.11. The van der Waals surface area contributed by atoms with Crippen LogP contribution in [0.3, 0.4) is 0 Å². The van der Waals surface area contributed by atoms with Crippen LogP contribution in [0.25, 0.3) is 0 Å². The lowest BCUT2D eigenvalue weighted by Crippen LogP contribution is -2.28. The van der Waals surface area contributed by atoms with E-state index in [0.29, 0.717) is 5.69 Å². The molecular weight excluding hydrogens is 215 g/mol. The zero-order valence-electron chi connectivity index (χ0n) is 11.0. The minimum Gasteiger partial charge on any atom is -0.369 e. The third-order valence-corrected chi connectivity index (χ3v) is 2.81. The van der Waals surface area contributed by atoms with Gasteiger partial charge in [0.05, 0.1) is 5.69 Å². The molecule has 0 aromatic heterocycles. The van der Waals surface area contributed by atoms with Gasteiger partial charge in [-0.2, -0.15) is 0 Å². The molecule has 0 spiro atoms. The van der Waals surface area contributed by atoms with E-state index in [9.17, 15) is 4.39 Å². The molecule has 0 heterocycles. The van der Waals surface area contributed by atoms with Crippen molar-refractivity contribution in [1.82, 2.24) is 0 Å². The van der Waals surface area contributed by atoms with Crippen molar-refractivity contribution in [3.05, 3.63) is 29.6 Å². The Hall–Kier alpha value is -1.09. The molecule has 1 aromatic rings. The van der Waals surface area contributed by atoms with Gasteiger partial charge in [-0.15, -0.1) is 0 Å². The maximum absolute atomic E-state index is 14.0. The van der Waals surface area contributed by atoms with Crippen LogP contribution in [0.4, 0.5) is 10.1 Å². The molecule has 0 aliphatic heterocycles. The zero-order chi connectivity index (χ0) is 12.8. The first kappa shape index (κ1) is 14.0. The average molecular weight is 238 g/mol. The highest BCUT2D eigenvalue weighted by Gasteiger charge is 2.16. The summed E-state index contributed by atoms with van der Waals surface area (Å²) in [5, 5.41) is 0. The molecule has 1 aromatic carbocycles. The lowest BCUT2D eigenvalue weighted by atomic mass is 10.0. The molecule has 0 bridgehead atoms. The molecule has 1 atom stereocenters. The Kier molecular flexibility index (Phi) is 5.42. The lowest BCUT2D eigenvalue weighted by molar-refractivity contribution is 0.606. The fraction of sp³-hybridized carbons (Fsp3) is 0.571. The molecular formula is C14H23FN2. The van der Waals surface area contributed by atoms with Crippen LogP contribution in [-0.4, -0.2) is 13.1 Å². The van der Waals surface area contributed by atoms with Gasteiger partial charge in [0.2, 0.25) is 0 Å². The lowest BCUT2D eigenvalue weighted by Gasteiger charge is -2.28. The second-order valence-electron chi connectivity index (χ2n) is 4.45. The summed E-state index contributed by atoms with van der Waals surface area (Å²) in [5.74, 6) is -0.165. The number of nitrogens with two attached hydrogens (primary N) is 1. The van der Waals surface area contributed by atoms with Gasteiger partial charge in [0, 0.05) is 19.1 Å². The van der Waals surface area contributed by atoms with Crippen molar-refractivity contribution >= 4 is 5.69 Å². The van der Waals surface area contributed by atoms with Crippen molar-refractivity contribution in [1.29, 1.82) is 0 Å². The van der Waals surface area contributed by atoms with E-state index in [-0.39, 0.29) is 11.9 Å². The van der Waals surface area contributed by atoms with E-state index in [1.54, 1.807) is 6.07 Å². The average Bonchev–Trinajstić information content (AvgIpc) is 2.28. The van der Waals surface area contributed by atoms with Crippen LogP contribution in [0.1, 0.15) is 45.2 Å². The van der Waals surface area contributed by atoms with Crippen molar-refractivity contribution in [2.45, 2.75) is 39.7 Å². The summed E-state index contributed by atoms with van der Waals surface area (Å²) in [6, 6.07) is 5.02. The van der Waals surface area contributed by atoms with Crippen LogP contribution in [-0.2, 0) is 0 Å². The Balaban J connectivity index is 3.14. The molecule has 0 saturated carbocycles. The van der Waals surface area contributed by atoms with Crippen LogP contribution in [0.5, 0.6) is 0 Å². The second-order valence-corrected chi connectivity index (χ2v) is 4.45. The van der Waals surface area contributed by atoms with E-state index in [4.69, 9.17) is 5.73 Å².